The zero-order valence-electron chi connectivity index (χ0n) is 11.2. The van der Waals surface area contributed by atoms with Gasteiger partial charge in [0, 0.05) is 18.3 Å². The van der Waals surface area contributed by atoms with Gasteiger partial charge in [-0.15, -0.1) is 0 Å². The van der Waals surface area contributed by atoms with Crippen LogP contribution in [0.1, 0.15) is 21.7 Å². The van der Waals surface area contributed by atoms with Crippen molar-refractivity contribution in [3.05, 3.63) is 53.5 Å². The number of carbonyl (C=O) groups excluding carboxylic acids is 1. The summed E-state index contributed by atoms with van der Waals surface area (Å²) < 4.78 is 5.13. The maximum atomic E-state index is 12.3. The predicted molar refractivity (Wildman–Crippen MR) is 75.1 cm³/mol. The molecule has 1 aromatic carbocycles. The number of aryl methyl sites for hydroxylation is 1. The molecule has 1 aromatic heterocycles. The minimum absolute atomic E-state index is 0.00723. The molecule has 20 heavy (non-hydrogen) atoms. The third-order valence-electron chi connectivity index (χ3n) is 3.03. The number of hydrogen-bond donors (Lipinski definition) is 2. The van der Waals surface area contributed by atoms with Crippen LogP contribution in [0, 0.1) is 6.92 Å². The molecule has 1 amide bonds. The molecule has 0 atom stereocenters. The molecule has 0 saturated heterocycles. The van der Waals surface area contributed by atoms with Crippen molar-refractivity contribution in [2.75, 3.05) is 11.9 Å². The van der Waals surface area contributed by atoms with E-state index in [1.807, 2.05) is 0 Å². The monoisotopic (exact) mass is 273 g/mol. The van der Waals surface area contributed by atoms with E-state index in [9.17, 15) is 4.79 Å². The Balaban J connectivity index is 2.32. The number of rotatable bonds is 3. The maximum Gasteiger partial charge on any atom is 0.261 e. The number of nitrogens with zero attached hydrogens (tertiary/aromatic N) is 2. The summed E-state index contributed by atoms with van der Waals surface area (Å²) in [5.74, 6) is 0.370. The summed E-state index contributed by atoms with van der Waals surface area (Å²) in [6, 6.07) is 8.49. The summed E-state index contributed by atoms with van der Waals surface area (Å²) in [6.07, 6.45) is 1.48. The molecule has 0 unspecified atom stereocenters. The van der Waals surface area contributed by atoms with Gasteiger partial charge in [-0.25, -0.2) is 0 Å². The lowest BCUT2D eigenvalue weighted by atomic mass is 10.1. The van der Waals surface area contributed by atoms with E-state index in [1.54, 1.807) is 44.3 Å². The third-order valence-corrected chi connectivity index (χ3v) is 3.03. The van der Waals surface area contributed by atoms with Gasteiger partial charge in [-0.05, 0) is 25.1 Å². The summed E-state index contributed by atoms with van der Waals surface area (Å²) in [6.45, 7) is 1.73. The molecule has 0 aliphatic rings. The lowest BCUT2D eigenvalue weighted by molar-refractivity contribution is 0.0991. The van der Waals surface area contributed by atoms with Gasteiger partial charge in [0.1, 0.15) is 5.76 Å². The van der Waals surface area contributed by atoms with E-state index in [0.717, 1.165) is 0 Å². The molecule has 0 radical (unpaired) electrons. The first-order valence-corrected chi connectivity index (χ1v) is 5.94. The van der Waals surface area contributed by atoms with Crippen LogP contribution in [-0.2, 0) is 0 Å². The zero-order chi connectivity index (χ0) is 14.7. The Morgan fingerprint density at radius 1 is 1.40 bits per heavy atom. The van der Waals surface area contributed by atoms with Gasteiger partial charge in [-0.1, -0.05) is 17.3 Å². The van der Waals surface area contributed by atoms with Crippen LogP contribution in [0.15, 0.2) is 46.2 Å². The average Bonchev–Trinajstić information content (AvgIpc) is 2.91. The van der Waals surface area contributed by atoms with E-state index in [2.05, 4.69) is 5.16 Å². The van der Waals surface area contributed by atoms with Crippen molar-refractivity contribution < 1.29 is 14.4 Å². The van der Waals surface area contributed by atoms with Gasteiger partial charge in [0.15, 0.2) is 5.84 Å². The van der Waals surface area contributed by atoms with Crippen molar-refractivity contribution in [3.63, 3.8) is 0 Å². The highest BCUT2D eigenvalue weighted by molar-refractivity contribution is 6.07. The minimum atomic E-state index is -0.187. The highest BCUT2D eigenvalue weighted by Gasteiger charge is 2.17. The molecule has 0 bridgehead atoms. The van der Waals surface area contributed by atoms with Crippen molar-refractivity contribution in [1.82, 2.24) is 0 Å². The third kappa shape index (κ3) is 2.49. The quantitative estimate of drug-likeness (QED) is 0.387. The molecule has 6 heteroatoms. The molecule has 0 saturated carbocycles. The Bertz CT molecular complexity index is 661. The Hall–Kier alpha value is -2.76. The Morgan fingerprint density at radius 3 is 2.75 bits per heavy atom. The standard InChI is InChI=1S/C14H15N3O3/c1-9-12(6-7-20-9)14(18)17(2)11-5-3-4-10(8-11)13(15)16-19/h3-8,19H,1-2H3,(H2,15,16). The van der Waals surface area contributed by atoms with Crippen LogP contribution in [0.3, 0.4) is 0 Å². The zero-order valence-corrected chi connectivity index (χ0v) is 11.2. The van der Waals surface area contributed by atoms with Crippen LogP contribution in [0.5, 0.6) is 0 Å². The smallest absolute Gasteiger partial charge is 0.261 e. The normalized spacial score (nSPS) is 11.4. The van der Waals surface area contributed by atoms with E-state index in [0.29, 0.717) is 22.6 Å². The number of oxime groups is 1. The summed E-state index contributed by atoms with van der Waals surface area (Å²) >= 11 is 0. The number of carbonyl (C=O) groups is 1. The van der Waals surface area contributed by atoms with Crippen LogP contribution in [0.4, 0.5) is 5.69 Å². The van der Waals surface area contributed by atoms with Crippen LogP contribution in [0.2, 0.25) is 0 Å². The minimum Gasteiger partial charge on any atom is -0.469 e. The Kier molecular flexibility index (Phi) is 3.74. The number of amides is 1. The van der Waals surface area contributed by atoms with Crippen LogP contribution in [0.25, 0.3) is 0 Å². The lowest BCUT2D eigenvalue weighted by Crippen LogP contribution is -2.26. The van der Waals surface area contributed by atoms with Crippen molar-refractivity contribution in [1.29, 1.82) is 0 Å². The van der Waals surface area contributed by atoms with E-state index in [4.69, 9.17) is 15.4 Å². The maximum absolute atomic E-state index is 12.3. The fraction of sp³-hybridized carbons (Fsp3) is 0.143. The highest BCUT2D eigenvalue weighted by atomic mass is 16.4. The first-order valence-electron chi connectivity index (χ1n) is 5.94. The van der Waals surface area contributed by atoms with Gasteiger partial charge >= 0.3 is 0 Å². The van der Waals surface area contributed by atoms with Gasteiger partial charge in [0.25, 0.3) is 5.91 Å². The van der Waals surface area contributed by atoms with E-state index in [1.165, 1.54) is 11.2 Å². The van der Waals surface area contributed by atoms with Gasteiger partial charge < -0.3 is 20.3 Å². The molecule has 0 spiro atoms. The summed E-state index contributed by atoms with van der Waals surface area (Å²) in [7, 11) is 1.65. The average molecular weight is 273 g/mol. The van der Waals surface area contributed by atoms with E-state index in [-0.39, 0.29) is 11.7 Å². The van der Waals surface area contributed by atoms with E-state index >= 15 is 0 Å². The van der Waals surface area contributed by atoms with Crippen LogP contribution in [-0.4, -0.2) is 24.0 Å². The first kappa shape index (κ1) is 13.7. The Labute approximate surface area is 116 Å². The summed E-state index contributed by atoms with van der Waals surface area (Å²) in [5.41, 5.74) is 7.22. The predicted octanol–water partition coefficient (Wildman–Crippen LogP) is 1.96. The van der Waals surface area contributed by atoms with Crippen LogP contribution < -0.4 is 10.6 Å². The number of anilines is 1. The Morgan fingerprint density at radius 2 is 2.15 bits per heavy atom. The summed E-state index contributed by atoms with van der Waals surface area (Å²) in [4.78, 5) is 13.8. The second kappa shape index (κ2) is 5.48. The SMILES string of the molecule is Cc1occc1C(=O)N(C)c1cccc(C(N)=NO)c1. The topological polar surface area (TPSA) is 92.1 Å². The molecule has 3 N–H and O–H groups in total. The fourth-order valence-corrected chi connectivity index (χ4v) is 1.84. The second-order valence-corrected chi connectivity index (χ2v) is 4.29. The molecule has 6 nitrogen and oxygen atoms in total. The number of furan rings is 1. The molecule has 0 aliphatic heterocycles. The highest BCUT2D eigenvalue weighted by Crippen LogP contribution is 2.19. The second-order valence-electron chi connectivity index (χ2n) is 4.29. The molecule has 2 rings (SSSR count). The fourth-order valence-electron chi connectivity index (χ4n) is 1.84. The number of benzene rings is 1. The summed E-state index contributed by atoms with van der Waals surface area (Å²) in [5, 5.41) is 11.6. The number of hydrogen-bond acceptors (Lipinski definition) is 4. The van der Waals surface area contributed by atoms with Crippen molar-refractivity contribution in [2.24, 2.45) is 10.9 Å². The molecular formula is C14H15N3O3. The molecule has 0 fully saturated rings. The van der Waals surface area contributed by atoms with Gasteiger partial charge in [-0.2, -0.15) is 0 Å². The van der Waals surface area contributed by atoms with Crippen molar-refractivity contribution >= 4 is 17.4 Å². The van der Waals surface area contributed by atoms with Gasteiger partial charge in [0.2, 0.25) is 0 Å². The largest absolute Gasteiger partial charge is 0.469 e. The molecule has 104 valence electrons. The van der Waals surface area contributed by atoms with Crippen molar-refractivity contribution in [2.45, 2.75) is 6.92 Å². The molecule has 0 aliphatic carbocycles. The van der Waals surface area contributed by atoms with Crippen LogP contribution >= 0.6 is 0 Å². The molecule has 2 aromatic rings. The van der Waals surface area contributed by atoms with Gasteiger partial charge in [-0.3, -0.25) is 4.79 Å². The van der Waals surface area contributed by atoms with E-state index < -0.39 is 0 Å². The molecular weight excluding hydrogens is 258 g/mol. The van der Waals surface area contributed by atoms with Gasteiger partial charge in [0.05, 0.1) is 11.8 Å². The first-order chi connectivity index (χ1) is 9.54. The molecule has 1 heterocycles. The number of amidine groups is 1. The number of nitrogens with two attached hydrogens (primary N) is 1. The lowest BCUT2D eigenvalue weighted by Gasteiger charge is -2.17. The van der Waals surface area contributed by atoms with Crippen molar-refractivity contribution in [3.8, 4) is 0 Å².